The van der Waals surface area contributed by atoms with Crippen molar-refractivity contribution in [1.82, 2.24) is 9.47 Å². The average molecular weight is 434 g/mol. The number of thiocarbonyl (C=S) groups is 1. The molecule has 1 heterocycles. The molecule has 1 aromatic heterocycles. The molecule has 0 spiro atoms. The van der Waals surface area contributed by atoms with Gasteiger partial charge in [-0.2, -0.15) is 0 Å². The molecule has 3 nitrogen and oxygen atoms in total. The second kappa shape index (κ2) is 9.86. The molecule has 2 aromatic carbocycles. The fourth-order valence-corrected chi connectivity index (χ4v) is 5.18. The minimum Gasteiger partial charge on any atom is -0.347 e. The molecule has 0 saturated heterocycles. The molecular formula is C27H35N3S. The monoisotopic (exact) mass is 433 g/mol. The Morgan fingerprint density at radius 1 is 1.03 bits per heavy atom. The Morgan fingerprint density at radius 2 is 1.77 bits per heavy atom. The lowest BCUT2D eigenvalue weighted by molar-refractivity contribution is 0.281. The van der Waals surface area contributed by atoms with Crippen LogP contribution in [0.15, 0.2) is 48.7 Å². The zero-order valence-electron chi connectivity index (χ0n) is 19.2. The maximum Gasteiger partial charge on any atom is 0.173 e. The van der Waals surface area contributed by atoms with Gasteiger partial charge in [-0.1, -0.05) is 49.9 Å². The van der Waals surface area contributed by atoms with Crippen LogP contribution >= 0.6 is 12.2 Å². The van der Waals surface area contributed by atoms with Gasteiger partial charge in [0, 0.05) is 41.9 Å². The van der Waals surface area contributed by atoms with Gasteiger partial charge in [0.2, 0.25) is 0 Å². The summed E-state index contributed by atoms with van der Waals surface area (Å²) in [6, 6.07) is 15.8. The highest BCUT2D eigenvalue weighted by molar-refractivity contribution is 7.80. The first-order chi connectivity index (χ1) is 15.1. The lowest BCUT2D eigenvalue weighted by Crippen LogP contribution is -2.42. The predicted molar refractivity (Wildman–Crippen MR) is 137 cm³/mol. The van der Waals surface area contributed by atoms with Crippen molar-refractivity contribution in [3.8, 4) is 0 Å². The molecule has 4 rings (SSSR count). The van der Waals surface area contributed by atoms with Crippen LogP contribution in [-0.4, -0.2) is 20.6 Å². The summed E-state index contributed by atoms with van der Waals surface area (Å²) in [5.74, 6) is 0. The van der Waals surface area contributed by atoms with Gasteiger partial charge in [0.15, 0.2) is 5.11 Å². The first-order valence-corrected chi connectivity index (χ1v) is 12.2. The van der Waals surface area contributed by atoms with Crippen molar-refractivity contribution in [3.05, 3.63) is 65.4 Å². The lowest BCUT2D eigenvalue weighted by Gasteiger charge is -2.34. The second-order valence-electron chi connectivity index (χ2n) is 8.96. The van der Waals surface area contributed by atoms with Crippen LogP contribution in [0.1, 0.15) is 62.1 Å². The van der Waals surface area contributed by atoms with Gasteiger partial charge >= 0.3 is 0 Å². The molecule has 31 heavy (non-hydrogen) atoms. The number of hydrogen-bond acceptors (Lipinski definition) is 1. The molecule has 164 valence electrons. The van der Waals surface area contributed by atoms with Crippen molar-refractivity contribution >= 4 is 33.9 Å². The fourth-order valence-electron chi connectivity index (χ4n) is 4.84. The van der Waals surface area contributed by atoms with Gasteiger partial charge in [-0.25, -0.2) is 0 Å². The van der Waals surface area contributed by atoms with E-state index in [0.717, 1.165) is 23.9 Å². The SMILES string of the molecule is CCn1cc(CN(C(=S)Nc2ccc(C)c(C)c2)C2CCCCCC2)c2ccccc21. The number of nitrogens with one attached hydrogen (secondary N) is 1. The third-order valence-electron chi connectivity index (χ3n) is 6.84. The first kappa shape index (κ1) is 21.9. The van der Waals surface area contributed by atoms with Crippen molar-refractivity contribution in [2.24, 2.45) is 0 Å². The average Bonchev–Trinajstić information content (AvgIpc) is 2.93. The molecule has 0 bridgehead atoms. The lowest BCUT2D eigenvalue weighted by atomic mass is 10.1. The van der Waals surface area contributed by atoms with E-state index in [-0.39, 0.29) is 0 Å². The Kier molecular flexibility index (Phi) is 6.96. The molecule has 1 fully saturated rings. The van der Waals surface area contributed by atoms with E-state index in [4.69, 9.17) is 12.2 Å². The highest BCUT2D eigenvalue weighted by atomic mass is 32.1. The molecule has 0 unspecified atom stereocenters. The Bertz CT molecular complexity index is 1040. The molecule has 4 heteroatoms. The van der Waals surface area contributed by atoms with E-state index in [9.17, 15) is 0 Å². The second-order valence-corrected chi connectivity index (χ2v) is 9.35. The summed E-state index contributed by atoms with van der Waals surface area (Å²) in [4.78, 5) is 2.47. The van der Waals surface area contributed by atoms with Crippen LogP contribution in [0.2, 0.25) is 0 Å². The Morgan fingerprint density at radius 3 is 2.48 bits per heavy atom. The van der Waals surface area contributed by atoms with Gasteiger partial charge < -0.3 is 14.8 Å². The van der Waals surface area contributed by atoms with E-state index in [0.29, 0.717) is 6.04 Å². The van der Waals surface area contributed by atoms with Crippen molar-refractivity contribution in [1.29, 1.82) is 0 Å². The maximum absolute atomic E-state index is 6.02. The molecular weight excluding hydrogens is 398 g/mol. The molecule has 0 atom stereocenters. The smallest absolute Gasteiger partial charge is 0.173 e. The number of rotatable bonds is 5. The number of aromatic nitrogens is 1. The highest BCUT2D eigenvalue weighted by Gasteiger charge is 2.24. The normalized spacial score (nSPS) is 15.1. The van der Waals surface area contributed by atoms with Gasteiger partial charge in [-0.05, 0) is 80.7 Å². The van der Waals surface area contributed by atoms with E-state index < -0.39 is 0 Å². The summed E-state index contributed by atoms with van der Waals surface area (Å²) in [6.07, 6.45) is 10.1. The Balaban J connectivity index is 1.64. The van der Waals surface area contributed by atoms with Gasteiger partial charge in [-0.15, -0.1) is 0 Å². The third-order valence-corrected chi connectivity index (χ3v) is 7.17. The van der Waals surface area contributed by atoms with E-state index in [1.807, 2.05) is 0 Å². The molecule has 1 aliphatic carbocycles. The first-order valence-electron chi connectivity index (χ1n) is 11.8. The van der Waals surface area contributed by atoms with Crippen LogP contribution in [0.3, 0.4) is 0 Å². The van der Waals surface area contributed by atoms with E-state index in [1.54, 1.807) is 0 Å². The summed E-state index contributed by atoms with van der Waals surface area (Å²) in [5, 5.41) is 5.76. The number of anilines is 1. The number of aryl methyl sites for hydroxylation is 3. The topological polar surface area (TPSA) is 20.2 Å². The Hall–Kier alpha value is -2.33. The van der Waals surface area contributed by atoms with Crippen LogP contribution < -0.4 is 5.32 Å². The van der Waals surface area contributed by atoms with Crippen molar-refractivity contribution in [3.63, 3.8) is 0 Å². The summed E-state index contributed by atoms with van der Waals surface area (Å²) in [5.41, 5.74) is 6.37. The van der Waals surface area contributed by atoms with Crippen molar-refractivity contribution in [2.75, 3.05) is 5.32 Å². The van der Waals surface area contributed by atoms with Crippen molar-refractivity contribution < 1.29 is 0 Å². The van der Waals surface area contributed by atoms with Crippen LogP contribution in [0.5, 0.6) is 0 Å². The van der Waals surface area contributed by atoms with Crippen LogP contribution in [0.25, 0.3) is 10.9 Å². The molecule has 0 radical (unpaired) electrons. The zero-order valence-corrected chi connectivity index (χ0v) is 20.0. The summed E-state index contributed by atoms with van der Waals surface area (Å²) in [6.45, 7) is 8.36. The summed E-state index contributed by atoms with van der Waals surface area (Å²) >= 11 is 6.02. The molecule has 1 saturated carbocycles. The summed E-state index contributed by atoms with van der Waals surface area (Å²) < 4.78 is 2.36. The van der Waals surface area contributed by atoms with E-state index in [1.165, 1.54) is 66.1 Å². The molecule has 0 aliphatic heterocycles. The minimum atomic E-state index is 0.498. The number of benzene rings is 2. The molecule has 3 aromatic rings. The van der Waals surface area contributed by atoms with Crippen molar-refractivity contribution in [2.45, 2.75) is 78.4 Å². The van der Waals surface area contributed by atoms with E-state index in [2.05, 4.69) is 84.2 Å². The predicted octanol–water partition coefficient (Wildman–Crippen LogP) is 7.20. The standard InChI is InChI=1S/C27H35N3S/c1-4-29-18-22(25-13-9-10-14-26(25)29)19-30(24-11-7-5-6-8-12-24)27(31)28-23-16-15-20(2)21(3)17-23/h9-10,13-18,24H,4-8,11-12,19H2,1-3H3,(H,28,31). The minimum absolute atomic E-state index is 0.498. The number of nitrogens with zero attached hydrogens (tertiary/aromatic N) is 2. The third kappa shape index (κ3) is 4.95. The number of para-hydroxylation sites is 1. The fraction of sp³-hybridized carbons (Fsp3) is 0.444. The van der Waals surface area contributed by atoms with Crippen LogP contribution in [-0.2, 0) is 13.1 Å². The van der Waals surface area contributed by atoms with Crippen LogP contribution in [0.4, 0.5) is 5.69 Å². The highest BCUT2D eigenvalue weighted by Crippen LogP contribution is 2.28. The maximum atomic E-state index is 6.02. The molecule has 0 amide bonds. The quantitative estimate of drug-likeness (QED) is 0.339. The summed E-state index contributed by atoms with van der Waals surface area (Å²) in [7, 11) is 0. The van der Waals surface area contributed by atoms with Gasteiger partial charge in [-0.3, -0.25) is 0 Å². The zero-order chi connectivity index (χ0) is 21.8. The number of hydrogen-bond donors (Lipinski definition) is 1. The van der Waals surface area contributed by atoms with Gasteiger partial charge in [0.05, 0.1) is 0 Å². The molecule has 1 N–H and O–H groups in total. The van der Waals surface area contributed by atoms with Crippen LogP contribution in [0, 0.1) is 13.8 Å². The number of fused-ring (bicyclic) bond motifs is 1. The molecule has 1 aliphatic rings. The largest absolute Gasteiger partial charge is 0.347 e. The Labute approximate surface area is 192 Å². The van der Waals surface area contributed by atoms with Gasteiger partial charge in [0.1, 0.15) is 0 Å². The van der Waals surface area contributed by atoms with E-state index >= 15 is 0 Å². The van der Waals surface area contributed by atoms with Gasteiger partial charge in [0.25, 0.3) is 0 Å².